The molecule has 8 aromatic carbocycles. The second kappa shape index (κ2) is 18.0. The lowest BCUT2D eigenvalue weighted by atomic mass is 9.89. The van der Waals surface area contributed by atoms with Crippen molar-refractivity contribution in [1.82, 2.24) is 34.9 Å². The molecule has 3 aromatic heterocycles. The smallest absolute Gasteiger partial charge is 0.164 e. The van der Waals surface area contributed by atoms with Crippen LogP contribution in [0.25, 0.3) is 113 Å². The van der Waals surface area contributed by atoms with E-state index in [1.165, 1.54) is 0 Å². The van der Waals surface area contributed by atoms with Crippen LogP contribution in [0.2, 0.25) is 0 Å². The predicted molar refractivity (Wildman–Crippen MR) is 265 cm³/mol. The van der Waals surface area contributed by atoms with Crippen LogP contribution in [-0.2, 0) is 0 Å². The van der Waals surface area contributed by atoms with Crippen LogP contribution in [0.3, 0.4) is 0 Å². The van der Waals surface area contributed by atoms with Crippen molar-refractivity contribution in [3.05, 3.63) is 237 Å². The van der Waals surface area contributed by atoms with Crippen LogP contribution < -0.4 is 0 Å². The van der Waals surface area contributed by atoms with Crippen LogP contribution in [0, 0.1) is 0 Å². The first-order valence-electron chi connectivity index (χ1n) is 21.8. The molecule has 0 spiro atoms. The largest absolute Gasteiger partial charge is 0.256 e. The van der Waals surface area contributed by atoms with Crippen molar-refractivity contribution in [2.24, 2.45) is 0 Å². The Morgan fingerprint density at radius 1 is 0.197 bits per heavy atom. The normalized spacial score (nSPS) is 11.0. The number of benzene rings is 8. The Hall–Kier alpha value is -9.07. The summed E-state index contributed by atoms with van der Waals surface area (Å²) in [5.41, 5.74) is 13.2. The average Bonchev–Trinajstić information content (AvgIpc) is 3.41. The summed E-state index contributed by atoms with van der Waals surface area (Å²) in [6.07, 6.45) is 1.83. The van der Waals surface area contributed by atoms with E-state index in [0.29, 0.717) is 34.9 Å². The molecule has 0 aliphatic carbocycles. The van der Waals surface area contributed by atoms with Gasteiger partial charge in [0.1, 0.15) is 0 Å². The monoisotopic (exact) mass is 845 g/mol. The minimum Gasteiger partial charge on any atom is -0.256 e. The van der Waals surface area contributed by atoms with Crippen molar-refractivity contribution in [3.8, 4) is 113 Å². The van der Waals surface area contributed by atoms with Crippen molar-refractivity contribution in [2.75, 3.05) is 0 Å². The average molecular weight is 846 g/mol. The van der Waals surface area contributed by atoms with Crippen molar-refractivity contribution in [3.63, 3.8) is 0 Å². The van der Waals surface area contributed by atoms with Gasteiger partial charge in [0.25, 0.3) is 0 Å². The molecule has 7 nitrogen and oxygen atoms in total. The zero-order valence-corrected chi connectivity index (χ0v) is 35.6. The second-order valence-electron chi connectivity index (χ2n) is 15.7. The van der Waals surface area contributed by atoms with E-state index < -0.39 is 0 Å². The first kappa shape index (κ1) is 39.8. The molecule has 0 saturated carbocycles. The van der Waals surface area contributed by atoms with Crippen molar-refractivity contribution in [2.45, 2.75) is 0 Å². The fourth-order valence-electron chi connectivity index (χ4n) is 8.33. The topological polar surface area (TPSA) is 90.2 Å². The quantitative estimate of drug-likeness (QED) is 0.135. The number of pyridine rings is 1. The summed E-state index contributed by atoms with van der Waals surface area (Å²) in [5, 5.41) is 0. The van der Waals surface area contributed by atoms with Gasteiger partial charge in [0, 0.05) is 45.1 Å². The third-order valence-electron chi connectivity index (χ3n) is 11.5. The van der Waals surface area contributed by atoms with E-state index in [2.05, 4.69) is 103 Å². The van der Waals surface area contributed by atoms with Gasteiger partial charge in [-0.05, 0) is 51.6 Å². The van der Waals surface area contributed by atoms with Gasteiger partial charge in [-0.15, -0.1) is 0 Å². The van der Waals surface area contributed by atoms with E-state index in [0.717, 1.165) is 78.0 Å². The molecule has 0 radical (unpaired) electrons. The number of nitrogens with zero attached hydrogens (tertiary/aromatic N) is 7. The summed E-state index contributed by atoms with van der Waals surface area (Å²) in [6.45, 7) is 0. The number of rotatable bonds is 10. The molecule has 7 heteroatoms. The van der Waals surface area contributed by atoms with Gasteiger partial charge < -0.3 is 0 Å². The van der Waals surface area contributed by atoms with E-state index in [9.17, 15) is 0 Å². The summed E-state index contributed by atoms with van der Waals surface area (Å²) in [7, 11) is 0. The standard InChI is InChI=1S/C59H39N7/c1-5-21-40(22-6-1)45-29-13-16-32-49(45)57-64-56(43-27-11-4-12-28-43)65-58(66-57)50-33-17-14-30-46(50)44-36-37-48(52(39-44)53-35-19-20-38-60-53)47-31-15-18-34-51(47)59-62-54(41-23-7-2-8-24-41)61-55(63-59)42-25-9-3-10-26-42/h1-39H. The maximum absolute atomic E-state index is 5.27. The van der Waals surface area contributed by atoms with Gasteiger partial charge in [-0.3, -0.25) is 4.98 Å². The Labute approximate surface area is 383 Å². The molecule has 0 saturated heterocycles. The van der Waals surface area contributed by atoms with Gasteiger partial charge >= 0.3 is 0 Å². The van der Waals surface area contributed by atoms with Crippen molar-refractivity contribution < 1.29 is 0 Å². The first-order chi connectivity index (χ1) is 32.7. The van der Waals surface area contributed by atoms with Gasteiger partial charge in [-0.1, -0.05) is 212 Å². The summed E-state index contributed by atoms with van der Waals surface area (Å²) < 4.78 is 0. The fraction of sp³-hybridized carbons (Fsp3) is 0. The Kier molecular flexibility index (Phi) is 10.8. The molecule has 3 heterocycles. The molecule has 0 atom stereocenters. The van der Waals surface area contributed by atoms with Gasteiger partial charge in [0.2, 0.25) is 0 Å². The maximum atomic E-state index is 5.27. The minimum absolute atomic E-state index is 0.574. The summed E-state index contributed by atoms with van der Waals surface area (Å²) >= 11 is 0. The third-order valence-corrected chi connectivity index (χ3v) is 11.5. The molecule has 0 aliphatic heterocycles. The Bertz CT molecular complexity index is 3400. The highest BCUT2D eigenvalue weighted by Gasteiger charge is 2.21. The molecule has 310 valence electrons. The number of hydrogen-bond acceptors (Lipinski definition) is 7. The fourth-order valence-corrected chi connectivity index (χ4v) is 8.33. The van der Waals surface area contributed by atoms with Gasteiger partial charge in [0.15, 0.2) is 34.9 Å². The summed E-state index contributed by atoms with van der Waals surface area (Å²) in [4.78, 5) is 35.7. The van der Waals surface area contributed by atoms with Crippen molar-refractivity contribution >= 4 is 0 Å². The van der Waals surface area contributed by atoms with Crippen molar-refractivity contribution in [1.29, 1.82) is 0 Å². The zero-order chi connectivity index (χ0) is 44.1. The molecule has 0 N–H and O–H groups in total. The van der Waals surface area contributed by atoms with Crippen LogP contribution >= 0.6 is 0 Å². The van der Waals surface area contributed by atoms with Gasteiger partial charge in [0.05, 0.1) is 5.69 Å². The van der Waals surface area contributed by atoms with Crippen LogP contribution in [0.15, 0.2) is 237 Å². The molecule has 0 bridgehead atoms. The number of aromatic nitrogens is 7. The lowest BCUT2D eigenvalue weighted by Gasteiger charge is -2.17. The molecule has 11 rings (SSSR count). The van der Waals surface area contributed by atoms with E-state index in [4.69, 9.17) is 34.9 Å². The maximum Gasteiger partial charge on any atom is 0.164 e. The second-order valence-corrected chi connectivity index (χ2v) is 15.7. The molecule has 66 heavy (non-hydrogen) atoms. The van der Waals surface area contributed by atoms with E-state index in [1.54, 1.807) is 0 Å². The highest BCUT2D eigenvalue weighted by Crippen LogP contribution is 2.42. The SMILES string of the molecule is c1ccc(-c2nc(-c3ccccc3-c3ccccc3)nc(-c3ccccc3-c3ccc(-c4ccccc4-c4nc(-c5ccccc5)nc(-c5ccccc5)n4)c(-c4ccccn4)c3)n2)cc1. The molecular weight excluding hydrogens is 807 g/mol. The molecule has 11 aromatic rings. The van der Waals surface area contributed by atoms with Crippen LogP contribution in [0.4, 0.5) is 0 Å². The van der Waals surface area contributed by atoms with Crippen LogP contribution in [0.1, 0.15) is 0 Å². The molecule has 0 unspecified atom stereocenters. The lowest BCUT2D eigenvalue weighted by molar-refractivity contribution is 1.07. The summed E-state index contributed by atoms with van der Waals surface area (Å²) in [5.74, 6) is 3.55. The minimum atomic E-state index is 0.574. The lowest BCUT2D eigenvalue weighted by Crippen LogP contribution is -2.02. The van der Waals surface area contributed by atoms with E-state index in [-0.39, 0.29) is 0 Å². The third kappa shape index (κ3) is 8.04. The number of hydrogen-bond donors (Lipinski definition) is 0. The van der Waals surface area contributed by atoms with Crippen LogP contribution in [0.5, 0.6) is 0 Å². The highest BCUT2D eigenvalue weighted by molar-refractivity contribution is 5.94. The predicted octanol–water partition coefficient (Wildman–Crippen LogP) is 14.1. The molecule has 0 aliphatic rings. The van der Waals surface area contributed by atoms with Gasteiger partial charge in [-0.25, -0.2) is 29.9 Å². The Morgan fingerprint density at radius 2 is 0.530 bits per heavy atom. The highest BCUT2D eigenvalue weighted by atomic mass is 15.0. The summed E-state index contributed by atoms with van der Waals surface area (Å²) in [6, 6.07) is 78.0. The van der Waals surface area contributed by atoms with E-state index >= 15 is 0 Å². The van der Waals surface area contributed by atoms with Gasteiger partial charge in [-0.2, -0.15) is 0 Å². The Balaban J connectivity index is 1.08. The Morgan fingerprint density at radius 3 is 0.985 bits per heavy atom. The molecular formula is C59H39N7. The molecule has 0 amide bonds. The van der Waals surface area contributed by atoms with Crippen LogP contribution in [-0.4, -0.2) is 34.9 Å². The molecule has 0 fully saturated rings. The first-order valence-corrected chi connectivity index (χ1v) is 21.8. The zero-order valence-electron chi connectivity index (χ0n) is 35.6. The van der Waals surface area contributed by atoms with E-state index in [1.807, 2.05) is 134 Å².